The normalized spacial score (nSPS) is 26.2. The zero-order chi connectivity index (χ0) is 22.0. The maximum atomic E-state index is 11.9. The van der Waals surface area contributed by atoms with Gasteiger partial charge in [0, 0.05) is 12.1 Å². The van der Waals surface area contributed by atoms with Crippen LogP contribution in [0.5, 0.6) is 11.5 Å². The molecule has 5 N–H and O–H groups in total. The quantitative estimate of drug-likeness (QED) is 0.361. The van der Waals surface area contributed by atoms with E-state index in [9.17, 15) is 20.1 Å². The fraction of sp³-hybridized carbons (Fsp3) is 0.421. The maximum Gasteiger partial charge on any atom is 0.413 e. The van der Waals surface area contributed by atoms with Gasteiger partial charge >= 0.3 is 6.09 Å². The van der Waals surface area contributed by atoms with Crippen molar-refractivity contribution in [3.05, 3.63) is 21.2 Å². The van der Waals surface area contributed by atoms with Gasteiger partial charge in [-0.05, 0) is 37.9 Å². The van der Waals surface area contributed by atoms with Crippen molar-refractivity contribution in [3.63, 3.8) is 0 Å². The number of aromatic amines is 1. The number of halogens is 2. The largest absolute Gasteiger partial charge is 0.460 e. The molecule has 0 aliphatic carbocycles. The SMILES string of the molecule is C#CCNC(=O)Oc1c(Br)cc2[nH]cc(O[C@@H]3O[C@H](CO)[C@@H](C)[C@H](O)[C@H]3O)c2c1Br. The number of rotatable bonds is 5. The van der Waals surface area contributed by atoms with Gasteiger partial charge in [-0.25, -0.2) is 4.79 Å². The third-order valence-corrected chi connectivity index (χ3v) is 6.14. The van der Waals surface area contributed by atoms with Crippen LogP contribution in [0.4, 0.5) is 4.79 Å². The second-order valence-corrected chi connectivity index (χ2v) is 8.36. The lowest BCUT2D eigenvalue weighted by atomic mass is 9.91. The highest BCUT2D eigenvalue weighted by molar-refractivity contribution is 9.11. The van der Waals surface area contributed by atoms with Gasteiger partial charge in [0.2, 0.25) is 6.29 Å². The molecule has 0 spiro atoms. The molecule has 1 fully saturated rings. The molecule has 30 heavy (non-hydrogen) atoms. The molecule has 1 aromatic heterocycles. The van der Waals surface area contributed by atoms with Crippen molar-refractivity contribution in [1.29, 1.82) is 0 Å². The Morgan fingerprint density at radius 1 is 1.40 bits per heavy atom. The molecule has 0 saturated carbocycles. The first-order valence-electron chi connectivity index (χ1n) is 8.95. The number of fused-ring (bicyclic) bond motifs is 1. The number of H-pyrrole nitrogens is 1. The zero-order valence-electron chi connectivity index (χ0n) is 15.8. The second kappa shape index (κ2) is 9.55. The molecular weight excluding hydrogens is 528 g/mol. The highest BCUT2D eigenvalue weighted by Gasteiger charge is 2.43. The predicted molar refractivity (Wildman–Crippen MR) is 114 cm³/mol. The Kier molecular flexibility index (Phi) is 7.28. The highest BCUT2D eigenvalue weighted by atomic mass is 79.9. The Labute approximate surface area is 188 Å². The van der Waals surface area contributed by atoms with E-state index in [-0.39, 0.29) is 24.7 Å². The number of ether oxygens (including phenoxy) is 3. The summed E-state index contributed by atoms with van der Waals surface area (Å²) in [5, 5.41) is 33.0. The molecule has 0 bridgehead atoms. The van der Waals surface area contributed by atoms with Crippen molar-refractivity contribution in [2.45, 2.75) is 31.5 Å². The molecule has 1 saturated heterocycles. The fourth-order valence-corrected chi connectivity index (χ4v) is 4.59. The van der Waals surface area contributed by atoms with Gasteiger partial charge in [-0.1, -0.05) is 12.8 Å². The van der Waals surface area contributed by atoms with Crippen LogP contribution in [-0.2, 0) is 4.74 Å². The van der Waals surface area contributed by atoms with E-state index < -0.39 is 36.6 Å². The van der Waals surface area contributed by atoms with Crippen LogP contribution >= 0.6 is 31.9 Å². The van der Waals surface area contributed by atoms with E-state index in [0.29, 0.717) is 19.8 Å². The van der Waals surface area contributed by atoms with Gasteiger partial charge in [-0.2, -0.15) is 0 Å². The zero-order valence-corrected chi connectivity index (χ0v) is 18.9. The lowest BCUT2D eigenvalue weighted by molar-refractivity contribution is -0.260. The fourth-order valence-electron chi connectivity index (χ4n) is 3.11. The Balaban J connectivity index is 1.91. The lowest BCUT2D eigenvalue weighted by Gasteiger charge is -2.40. The number of aliphatic hydroxyl groups is 3. The number of aliphatic hydroxyl groups excluding tert-OH is 3. The summed E-state index contributed by atoms with van der Waals surface area (Å²) in [6.45, 7) is 1.35. The van der Waals surface area contributed by atoms with Crippen LogP contribution in [0.3, 0.4) is 0 Å². The minimum absolute atomic E-state index is 0.0124. The number of terminal acetylenes is 1. The average molecular weight is 548 g/mol. The number of aromatic nitrogens is 1. The first kappa shape index (κ1) is 22.9. The summed E-state index contributed by atoms with van der Waals surface area (Å²) in [7, 11) is 0. The summed E-state index contributed by atoms with van der Waals surface area (Å²) in [5.41, 5.74) is 0.637. The van der Waals surface area contributed by atoms with Gasteiger partial charge in [-0.15, -0.1) is 6.42 Å². The second-order valence-electron chi connectivity index (χ2n) is 6.71. The molecule has 9 nitrogen and oxygen atoms in total. The van der Waals surface area contributed by atoms with E-state index >= 15 is 0 Å². The molecule has 1 aliphatic rings. The van der Waals surface area contributed by atoms with Crippen LogP contribution in [0.15, 0.2) is 21.2 Å². The van der Waals surface area contributed by atoms with E-state index in [1.165, 1.54) is 0 Å². The Morgan fingerprint density at radius 2 is 2.13 bits per heavy atom. The molecule has 2 heterocycles. The summed E-state index contributed by atoms with van der Waals surface area (Å²) < 4.78 is 17.7. The van der Waals surface area contributed by atoms with Crippen molar-refractivity contribution in [2.24, 2.45) is 5.92 Å². The minimum atomic E-state index is -1.33. The molecular formula is C19H20Br2N2O7. The van der Waals surface area contributed by atoms with Crippen LogP contribution in [0, 0.1) is 18.3 Å². The third kappa shape index (κ3) is 4.44. The summed E-state index contributed by atoms with van der Waals surface area (Å²) >= 11 is 6.77. The van der Waals surface area contributed by atoms with Gasteiger partial charge < -0.3 is 39.8 Å². The third-order valence-electron chi connectivity index (χ3n) is 4.80. The van der Waals surface area contributed by atoms with Crippen molar-refractivity contribution >= 4 is 48.9 Å². The smallest absolute Gasteiger partial charge is 0.413 e. The van der Waals surface area contributed by atoms with E-state index in [0.717, 1.165) is 0 Å². The summed E-state index contributed by atoms with van der Waals surface area (Å²) in [6.07, 6.45) is 1.55. The first-order chi connectivity index (χ1) is 14.3. The van der Waals surface area contributed by atoms with Gasteiger partial charge in [0.15, 0.2) is 5.75 Å². The monoisotopic (exact) mass is 546 g/mol. The number of benzene rings is 1. The number of hydrogen-bond acceptors (Lipinski definition) is 7. The van der Waals surface area contributed by atoms with E-state index in [1.807, 2.05) is 0 Å². The van der Waals surface area contributed by atoms with E-state index in [1.54, 1.807) is 19.2 Å². The van der Waals surface area contributed by atoms with Crippen molar-refractivity contribution in [3.8, 4) is 23.8 Å². The number of carbonyl (C=O) groups is 1. The Hall–Kier alpha value is -1.81. The molecule has 2 aromatic rings. The minimum Gasteiger partial charge on any atom is -0.460 e. The number of hydrogen-bond donors (Lipinski definition) is 5. The molecule has 162 valence electrons. The number of nitrogens with one attached hydrogen (secondary N) is 2. The van der Waals surface area contributed by atoms with Gasteiger partial charge in [-0.3, -0.25) is 0 Å². The van der Waals surface area contributed by atoms with Gasteiger partial charge in [0.05, 0.1) is 45.2 Å². The number of amides is 1. The van der Waals surface area contributed by atoms with Crippen LogP contribution in [-0.4, -0.2) is 64.2 Å². The van der Waals surface area contributed by atoms with Gasteiger partial charge in [0.25, 0.3) is 0 Å². The molecule has 1 amide bonds. The highest BCUT2D eigenvalue weighted by Crippen LogP contribution is 2.44. The van der Waals surface area contributed by atoms with E-state index in [4.69, 9.17) is 20.6 Å². The average Bonchev–Trinajstić information content (AvgIpc) is 3.12. The summed E-state index contributed by atoms with van der Waals surface area (Å²) in [4.78, 5) is 14.9. The van der Waals surface area contributed by atoms with Crippen LogP contribution in [0.25, 0.3) is 10.9 Å². The lowest BCUT2D eigenvalue weighted by Crippen LogP contribution is -2.56. The maximum absolute atomic E-state index is 11.9. The van der Waals surface area contributed by atoms with Crippen molar-refractivity contribution in [1.82, 2.24) is 10.3 Å². The molecule has 11 heteroatoms. The molecule has 0 unspecified atom stereocenters. The van der Waals surface area contributed by atoms with Crippen LogP contribution in [0.1, 0.15) is 6.92 Å². The summed E-state index contributed by atoms with van der Waals surface area (Å²) in [5.74, 6) is 2.27. The standard InChI is InChI=1S/C19H20Br2N2O7/c1-3-4-22-19(27)30-17-9(20)5-10-13(14(17)21)11(6-23-10)28-18-16(26)15(25)8(2)12(7-24)29-18/h1,5-6,8,12,15-16,18,23-26H,4,7H2,2H3,(H,22,27)/t8-,12-,15+,16-,18-/m1/s1. The molecule has 1 aromatic carbocycles. The number of carbonyl (C=O) groups excluding carboxylic acids is 1. The first-order valence-corrected chi connectivity index (χ1v) is 10.5. The molecule has 1 aliphatic heterocycles. The molecule has 0 radical (unpaired) electrons. The molecule has 5 atom stereocenters. The van der Waals surface area contributed by atoms with Crippen LogP contribution < -0.4 is 14.8 Å². The Bertz CT molecular complexity index is 972. The summed E-state index contributed by atoms with van der Waals surface area (Å²) in [6, 6.07) is 1.68. The molecule has 3 rings (SSSR count). The van der Waals surface area contributed by atoms with Gasteiger partial charge in [0.1, 0.15) is 11.9 Å². The van der Waals surface area contributed by atoms with E-state index in [2.05, 4.69) is 48.1 Å². The predicted octanol–water partition coefficient (Wildman–Crippen LogP) is 1.87. The van der Waals surface area contributed by atoms with Crippen LogP contribution in [0.2, 0.25) is 0 Å². The van der Waals surface area contributed by atoms with Crippen molar-refractivity contribution in [2.75, 3.05) is 13.2 Å². The van der Waals surface area contributed by atoms with Crippen molar-refractivity contribution < 1.29 is 34.3 Å². The Morgan fingerprint density at radius 3 is 2.80 bits per heavy atom. The topological polar surface area (TPSA) is 133 Å².